The maximum atomic E-state index is 12.4. The molecular weight excluding hydrogens is 334 g/mol. The van der Waals surface area contributed by atoms with E-state index in [1.807, 2.05) is 6.07 Å². The van der Waals surface area contributed by atoms with Crippen LogP contribution in [0.15, 0.2) is 28.7 Å². The van der Waals surface area contributed by atoms with Crippen LogP contribution in [0.5, 0.6) is 5.75 Å². The largest absolute Gasteiger partial charge is 0.497 e. The fraction of sp³-hybridized carbons (Fsp3) is 0.400. The number of benzene rings is 1. The maximum absolute atomic E-state index is 12.4. The van der Waals surface area contributed by atoms with Crippen molar-refractivity contribution in [3.63, 3.8) is 0 Å². The Hall–Kier alpha value is -2.76. The summed E-state index contributed by atoms with van der Waals surface area (Å²) in [6.45, 7) is 2.28. The Morgan fingerprint density at radius 2 is 2.15 bits per heavy atom. The number of hydrogen-bond acceptors (Lipinski definition) is 4. The van der Waals surface area contributed by atoms with Crippen molar-refractivity contribution in [3.8, 4) is 5.75 Å². The van der Waals surface area contributed by atoms with Gasteiger partial charge in [-0.1, -0.05) is 13.0 Å². The van der Waals surface area contributed by atoms with E-state index < -0.39 is 5.97 Å². The van der Waals surface area contributed by atoms with Crippen LogP contribution in [-0.4, -0.2) is 30.6 Å². The van der Waals surface area contributed by atoms with Gasteiger partial charge in [-0.3, -0.25) is 4.79 Å². The van der Waals surface area contributed by atoms with E-state index in [0.717, 1.165) is 25.0 Å². The molecule has 1 heterocycles. The highest BCUT2D eigenvalue weighted by Gasteiger charge is 2.23. The summed E-state index contributed by atoms with van der Waals surface area (Å²) in [5.41, 5.74) is 2.54. The first kappa shape index (κ1) is 18.0. The zero-order chi connectivity index (χ0) is 18.7. The lowest BCUT2D eigenvalue weighted by Crippen LogP contribution is -2.29. The predicted molar refractivity (Wildman–Crippen MR) is 96.1 cm³/mol. The number of carbonyl (C=O) groups is 2. The Morgan fingerprint density at radius 1 is 1.35 bits per heavy atom. The summed E-state index contributed by atoms with van der Waals surface area (Å²) in [5.74, 6) is -0.0270. The van der Waals surface area contributed by atoms with E-state index in [1.54, 1.807) is 14.0 Å². The molecule has 0 saturated carbocycles. The lowest BCUT2D eigenvalue weighted by Gasteiger charge is -2.26. The first-order valence-electron chi connectivity index (χ1n) is 8.84. The van der Waals surface area contributed by atoms with Crippen LogP contribution < -0.4 is 10.1 Å². The molecule has 2 N–H and O–H groups in total. The second-order valence-corrected chi connectivity index (χ2v) is 6.47. The van der Waals surface area contributed by atoms with Gasteiger partial charge in [0.15, 0.2) is 5.76 Å². The van der Waals surface area contributed by atoms with Crippen LogP contribution in [-0.2, 0) is 12.8 Å². The number of ether oxygens (including phenoxy) is 1. The molecular formula is C20H23NO5. The van der Waals surface area contributed by atoms with E-state index in [0.29, 0.717) is 18.7 Å². The molecule has 6 heteroatoms. The minimum atomic E-state index is -1.08. The Bertz CT molecular complexity index is 824. The van der Waals surface area contributed by atoms with Gasteiger partial charge < -0.3 is 19.6 Å². The number of carboxylic acid groups (broad SMARTS) is 1. The molecule has 138 valence electrons. The van der Waals surface area contributed by atoms with Crippen molar-refractivity contribution in [2.75, 3.05) is 13.7 Å². The molecule has 1 amide bonds. The molecule has 1 aromatic heterocycles. The van der Waals surface area contributed by atoms with E-state index in [4.69, 9.17) is 9.15 Å². The molecule has 6 nitrogen and oxygen atoms in total. The van der Waals surface area contributed by atoms with Gasteiger partial charge in [0.05, 0.1) is 7.11 Å². The zero-order valence-electron chi connectivity index (χ0n) is 15.0. The average Bonchev–Trinajstić information content (AvgIpc) is 3.10. The Morgan fingerprint density at radius 3 is 2.81 bits per heavy atom. The molecule has 26 heavy (non-hydrogen) atoms. The van der Waals surface area contributed by atoms with Gasteiger partial charge in [0.1, 0.15) is 17.1 Å². The number of nitrogens with one attached hydrogen (secondary N) is 1. The smallest absolute Gasteiger partial charge is 0.339 e. The number of carbonyl (C=O) groups excluding carboxylic acids is 1. The molecule has 0 bridgehead atoms. The van der Waals surface area contributed by atoms with E-state index >= 15 is 0 Å². The molecule has 0 saturated heterocycles. The highest BCUT2D eigenvalue weighted by atomic mass is 16.5. The molecule has 0 spiro atoms. The van der Waals surface area contributed by atoms with Crippen LogP contribution in [0.4, 0.5) is 0 Å². The van der Waals surface area contributed by atoms with Crippen LogP contribution in [0.2, 0.25) is 0 Å². The van der Waals surface area contributed by atoms with Gasteiger partial charge >= 0.3 is 5.97 Å². The van der Waals surface area contributed by atoms with Gasteiger partial charge in [0.25, 0.3) is 5.91 Å². The third-order valence-corrected chi connectivity index (χ3v) is 4.88. The SMILES string of the molecule is CCc1oc(C(=O)NCC2CCCc3cc(OC)ccc32)cc1C(=O)O. The lowest BCUT2D eigenvalue weighted by molar-refractivity contribution is 0.0694. The Balaban J connectivity index is 1.70. The first-order valence-corrected chi connectivity index (χ1v) is 8.84. The maximum Gasteiger partial charge on any atom is 0.339 e. The number of fused-ring (bicyclic) bond motifs is 1. The Labute approximate surface area is 152 Å². The Kier molecular flexibility index (Phi) is 5.30. The standard InChI is InChI=1S/C20H23NO5/c1-3-17-16(20(23)24)10-18(26-17)19(22)21-11-13-6-4-5-12-9-14(25-2)7-8-15(12)13/h7-10,13H,3-6,11H2,1-2H3,(H,21,22)(H,23,24). The van der Waals surface area contributed by atoms with Crippen molar-refractivity contribution in [3.05, 3.63) is 52.5 Å². The number of hydrogen-bond donors (Lipinski definition) is 2. The molecule has 0 fully saturated rings. The van der Waals surface area contributed by atoms with Crippen molar-refractivity contribution in [2.45, 2.75) is 38.5 Å². The summed E-state index contributed by atoms with van der Waals surface area (Å²) < 4.78 is 10.7. The average molecular weight is 357 g/mol. The predicted octanol–water partition coefficient (Wildman–Crippen LogP) is 3.40. The van der Waals surface area contributed by atoms with Crippen molar-refractivity contribution < 1.29 is 23.8 Å². The topological polar surface area (TPSA) is 88.8 Å². The highest BCUT2D eigenvalue weighted by Crippen LogP contribution is 2.33. The van der Waals surface area contributed by atoms with E-state index in [1.165, 1.54) is 17.2 Å². The van der Waals surface area contributed by atoms with Crippen LogP contribution in [0.1, 0.15) is 63.5 Å². The summed E-state index contributed by atoms with van der Waals surface area (Å²) in [6, 6.07) is 7.37. The summed E-state index contributed by atoms with van der Waals surface area (Å²) >= 11 is 0. The van der Waals surface area contributed by atoms with Gasteiger partial charge in [-0.25, -0.2) is 4.79 Å². The van der Waals surface area contributed by atoms with Gasteiger partial charge in [-0.05, 0) is 42.5 Å². The fourth-order valence-corrected chi connectivity index (χ4v) is 3.52. The molecule has 1 atom stereocenters. The number of aromatic carboxylic acids is 1. The number of methoxy groups -OCH3 is 1. The monoisotopic (exact) mass is 357 g/mol. The molecule has 0 aliphatic heterocycles. The van der Waals surface area contributed by atoms with Crippen molar-refractivity contribution >= 4 is 11.9 Å². The van der Waals surface area contributed by atoms with E-state index in [-0.39, 0.29) is 23.1 Å². The van der Waals surface area contributed by atoms with Gasteiger partial charge in [-0.15, -0.1) is 0 Å². The molecule has 1 aliphatic rings. The van der Waals surface area contributed by atoms with Gasteiger partial charge in [-0.2, -0.15) is 0 Å². The number of rotatable bonds is 6. The number of furan rings is 1. The van der Waals surface area contributed by atoms with E-state index in [9.17, 15) is 14.7 Å². The molecule has 1 unspecified atom stereocenters. The molecule has 1 aliphatic carbocycles. The highest BCUT2D eigenvalue weighted by molar-refractivity contribution is 5.96. The minimum Gasteiger partial charge on any atom is -0.497 e. The van der Waals surface area contributed by atoms with Crippen LogP contribution >= 0.6 is 0 Å². The summed E-state index contributed by atoms with van der Waals surface area (Å²) in [6.07, 6.45) is 3.49. The molecule has 3 rings (SSSR count). The van der Waals surface area contributed by atoms with Gasteiger partial charge in [0, 0.05) is 24.9 Å². The lowest BCUT2D eigenvalue weighted by atomic mass is 9.82. The van der Waals surface area contributed by atoms with Crippen molar-refractivity contribution in [1.29, 1.82) is 0 Å². The van der Waals surface area contributed by atoms with Crippen molar-refractivity contribution in [2.24, 2.45) is 0 Å². The number of amides is 1. The minimum absolute atomic E-state index is 0.0463. The second kappa shape index (κ2) is 7.64. The van der Waals surface area contributed by atoms with Crippen LogP contribution in [0.25, 0.3) is 0 Å². The third-order valence-electron chi connectivity index (χ3n) is 4.88. The quantitative estimate of drug-likeness (QED) is 0.827. The molecule has 0 radical (unpaired) electrons. The third kappa shape index (κ3) is 3.59. The second-order valence-electron chi connectivity index (χ2n) is 6.47. The number of aryl methyl sites for hydroxylation is 2. The normalized spacial score (nSPS) is 16.0. The fourth-order valence-electron chi connectivity index (χ4n) is 3.52. The van der Waals surface area contributed by atoms with Crippen LogP contribution in [0, 0.1) is 0 Å². The first-order chi connectivity index (χ1) is 12.5. The molecule has 1 aromatic carbocycles. The summed E-state index contributed by atoms with van der Waals surface area (Å²) in [5, 5.41) is 12.1. The summed E-state index contributed by atoms with van der Waals surface area (Å²) in [7, 11) is 1.65. The van der Waals surface area contributed by atoms with Crippen molar-refractivity contribution in [1.82, 2.24) is 5.32 Å². The van der Waals surface area contributed by atoms with Crippen LogP contribution in [0.3, 0.4) is 0 Å². The summed E-state index contributed by atoms with van der Waals surface area (Å²) in [4.78, 5) is 23.6. The molecule has 2 aromatic rings. The zero-order valence-corrected chi connectivity index (χ0v) is 15.0. The van der Waals surface area contributed by atoms with E-state index in [2.05, 4.69) is 17.4 Å². The number of carboxylic acids is 1. The van der Waals surface area contributed by atoms with Gasteiger partial charge in [0.2, 0.25) is 0 Å².